The first-order valence-electron chi connectivity index (χ1n) is 6.76. The average Bonchev–Trinajstić information content (AvgIpc) is 2.64. The van der Waals surface area contributed by atoms with Gasteiger partial charge in [0.25, 0.3) is 0 Å². The van der Waals surface area contributed by atoms with E-state index in [2.05, 4.69) is 11.0 Å². The molecular weight excluding hydrogens is 214 g/mol. The number of hydrogen-bond donors (Lipinski definition) is 0. The number of ether oxygens (including phenoxy) is 1. The minimum Gasteiger partial charge on any atom is -0.383 e. The molecule has 0 aromatic rings. The summed E-state index contributed by atoms with van der Waals surface area (Å²) in [4.78, 5) is 14.4. The Hall–Kier alpha value is -0.670. The summed E-state index contributed by atoms with van der Waals surface area (Å²) in [6.45, 7) is 2.74. The fraction of sp³-hybridized carbons (Fsp3) is 0.786. The molecule has 3 nitrogen and oxygen atoms in total. The zero-order valence-corrected chi connectivity index (χ0v) is 10.8. The molecule has 1 saturated heterocycles. The van der Waals surface area contributed by atoms with Crippen LogP contribution in [0.1, 0.15) is 38.5 Å². The molecule has 1 heterocycles. The van der Waals surface area contributed by atoms with Crippen molar-refractivity contribution >= 4 is 5.78 Å². The van der Waals surface area contributed by atoms with Gasteiger partial charge in [-0.15, -0.1) is 0 Å². The molecular formula is C14H23NO2. The maximum absolute atomic E-state index is 11.9. The average molecular weight is 237 g/mol. The number of ketones is 1. The normalized spacial score (nSPS) is 27.0. The number of allylic oxidation sites excluding steroid dienone is 1. The number of hydrogen-bond acceptors (Lipinski definition) is 3. The smallest absolute Gasteiger partial charge is 0.159 e. The van der Waals surface area contributed by atoms with Crippen molar-refractivity contribution in [2.45, 2.75) is 44.6 Å². The van der Waals surface area contributed by atoms with Crippen LogP contribution in [0.2, 0.25) is 0 Å². The lowest BCUT2D eigenvalue weighted by Crippen LogP contribution is -2.35. The molecule has 1 atom stereocenters. The number of nitrogens with zero attached hydrogens (tertiary/aromatic N) is 1. The van der Waals surface area contributed by atoms with E-state index < -0.39 is 0 Å². The Kier molecular flexibility index (Phi) is 4.75. The molecule has 0 amide bonds. The van der Waals surface area contributed by atoms with Gasteiger partial charge >= 0.3 is 0 Å². The summed E-state index contributed by atoms with van der Waals surface area (Å²) in [7, 11) is 1.76. The van der Waals surface area contributed by atoms with Crippen molar-refractivity contribution in [3.05, 3.63) is 11.6 Å². The van der Waals surface area contributed by atoms with Crippen molar-refractivity contribution in [2.24, 2.45) is 0 Å². The second-order valence-corrected chi connectivity index (χ2v) is 5.12. The Morgan fingerprint density at radius 2 is 2.29 bits per heavy atom. The zero-order chi connectivity index (χ0) is 12.1. The molecule has 96 valence electrons. The Labute approximate surface area is 104 Å². The fourth-order valence-corrected chi connectivity index (χ4v) is 2.84. The molecule has 0 aromatic carbocycles. The highest BCUT2D eigenvalue weighted by Gasteiger charge is 2.26. The SMILES string of the molecule is COC[C@@H]1CCCN1CC1=CCCCCC1=O. The van der Waals surface area contributed by atoms with Crippen LogP contribution >= 0.6 is 0 Å². The molecule has 0 N–H and O–H groups in total. The van der Waals surface area contributed by atoms with Crippen LogP contribution in [0, 0.1) is 0 Å². The van der Waals surface area contributed by atoms with Crippen molar-refractivity contribution < 1.29 is 9.53 Å². The Morgan fingerprint density at radius 1 is 1.41 bits per heavy atom. The third-order valence-corrected chi connectivity index (χ3v) is 3.84. The van der Waals surface area contributed by atoms with E-state index >= 15 is 0 Å². The number of likely N-dealkylation sites (tertiary alicyclic amines) is 1. The van der Waals surface area contributed by atoms with Crippen LogP contribution in [0.4, 0.5) is 0 Å². The molecule has 1 aliphatic carbocycles. The topological polar surface area (TPSA) is 29.5 Å². The predicted molar refractivity (Wildman–Crippen MR) is 68.0 cm³/mol. The Bertz CT molecular complexity index is 299. The van der Waals surface area contributed by atoms with Gasteiger partial charge in [0, 0.05) is 31.7 Å². The van der Waals surface area contributed by atoms with Gasteiger partial charge in [-0.2, -0.15) is 0 Å². The van der Waals surface area contributed by atoms with Gasteiger partial charge in [0.05, 0.1) is 6.61 Å². The number of carbonyl (C=O) groups excluding carboxylic acids is 1. The fourth-order valence-electron chi connectivity index (χ4n) is 2.84. The van der Waals surface area contributed by atoms with Crippen LogP contribution in [-0.4, -0.2) is 43.5 Å². The first-order chi connectivity index (χ1) is 8.31. The molecule has 3 heteroatoms. The Balaban J connectivity index is 1.94. The van der Waals surface area contributed by atoms with Gasteiger partial charge in [-0.1, -0.05) is 6.08 Å². The van der Waals surface area contributed by atoms with E-state index in [9.17, 15) is 4.79 Å². The van der Waals surface area contributed by atoms with E-state index in [0.717, 1.165) is 51.0 Å². The van der Waals surface area contributed by atoms with Crippen LogP contribution < -0.4 is 0 Å². The van der Waals surface area contributed by atoms with Crippen LogP contribution in [-0.2, 0) is 9.53 Å². The highest BCUT2D eigenvalue weighted by atomic mass is 16.5. The molecule has 0 spiro atoms. The molecule has 0 radical (unpaired) electrons. The predicted octanol–water partition coefficient (Wildman–Crippen LogP) is 2.17. The molecule has 0 saturated carbocycles. The summed E-state index contributed by atoms with van der Waals surface area (Å²) >= 11 is 0. The van der Waals surface area contributed by atoms with Crippen LogP contribution in [0.15, 0.2) is 11.6 Å². The number of carbonyl (C=O) groups is 1. The lowest BCUT2D eigenvalue weighted by atomic mass is 10.1. The van der Waals surface area contributed by atoms with Crippen molar-refractivity contribution in [1.82, 2.24) is 4.90 Å². The quantitative estimate of drug-likeness (QED) is 0.750. The monoisotopic (exact) mass is 237 g/mol. The maximum atomic E-state index is 11.9. The van der Waals surface area contributed by atoms with Crippen molar-refractivity contribution in [3.8, 4) is 0 Å². The van der Waals surface area contributed by atoms with E-state index in [4.69, 9.17) is 4.74 Å². The molecule has 2 aliphatic rings. The standard InChI is InChI=1S/C14H23NO2/c1-17-11-13-7-5-9-15(13)10-12-6-3-2-4-8-14(12)16/h6,13H,2-5,7-11H2,1H3/t13-/m0/s1. The lowest BCUT2D eigenvalue weighted by Gasteiger charge is -2.24. The van der Waals surface area contributed by atoms with E-state index in [1.807, 2.05) is 0 Å². The maximum Gasteiger partial charge on any atom is 0.159 e. The zero-order valence-electron chi connectivity index (χ0n) is 10.8. The van der Waals surface area contributed by atoms with E-state index in [1.165, 1.54) is 12.8 Å². The number of rotatable bonds is 4. The second-order valence-electron chi connectivity index (χ2n) is 5.12. The number of Topliss-reactive ketones (excluding diaryl/α,β-unsaturated/α-hetero) is 1. The molecule has 0 aromatic heterocycles. The summed E-state index contributed by atoms with van der Waals surface area (Å²) in [5, 5.41) is 0. The number of methoxy groups -OCH3 is 1. The van der Waals surface area contributed by atoms with E-state index in [-0.39, 0.29) is 0 Å². The van der Waals surface area contributed by atoms with E-state index in [0.29, 0.717) is 11.8 Å². The highest BCUT2D eigenvalue weighted by molar-refractivity contribution is 5.95. The van der Waals surface area contributed by atoms with Gasteiger partial charge in [-0.25, -0.2) is 0 Å². The third kappa shape index (κ3) is 3.39. The van der Waals surface area contributed by atoms with Gasteiger partial charge in [-0.3, -0.25) is 9.69 Å². The minimum atomic E-state index is 0.366. The second kappa shape index (κ2) is 6.31. The van der Waals surface area contributed by atoms with Crippen molar-refractivity contribution in [1.29, 1.82) is 0 Å². The summed E-state index contributed by atoms with van der Waals surface area (Å²) in [6.07, 6.45) is 8.64. The lowest BCUT2D eigenvalue weighted by molar-refractivity contribution is -0.115. The van der Waals surface area contributed by atoms with Crippen LogP contribution in [0.5, 0.6) is 0 Å². The largest absolute Gasteiger partial charge is 0.383 e. The summed E-state index contributed by atoms with van der Waals surface area (Å²) in [5.74, 6) is 0.366. The first kappa shape index (κ1) is 12.8. The van der Waals surface area contributed by atoms with Crippen molar-refractivity contribution in [3.63, 3.8) is 0 Å². The molecule has 2 rings (SSSR count). The molecule has 0 unspecified atom stereocenters. The van der Waals surface area contributed by atoms with Gasteiger partial charge in [0.15, 0.2) is 5.78 Å². The van der Waals surface area contributed by atoms with Crippen LogP contribution in [0.25, 0.3) is 0 Å². The van der Waals surface area contributed by atoms with Gasteiger partial charge in [0.2, 0.25) is 0 Å². The molecule has 1 aliphatic heterocycles. The van der Waals surface area contributed by atoms with E-state index in [1.54, 1.807) is 7.11 Å². The summed E-state index contributed by atoms with van der Waals surface area (Å²) in [6, 6.07) is 0.511. The van der Waals surface area contributed by atoms with Gasteiger partial charge in [0.1, 0.15) is 0 Å². The van der Waals surface area contributed by atoms with Gasteiger partial charge in [-0.05, 0) is 38.6 Å². The van der Waals surface area contributed by atoms with Crippen LogP contribution in [0.3, 0.4) is 0 Å². The summed E-state index contributed by atoms with van der Waals surface area (Å²) < 4.78 is 5.25. The third-order valence-electron chi connectivity index (χ3n) is 3.84. The Morgan fingerprint density at radius 3 is 3.12 bits per heavy atom. The highest BCUT2D eigenvalue weighted by Crippen LogP contribution is 2.21. The molecule has 0 bridgehead atoms. The van der Waals surface area contributed by atoms with Crippen molar-refractivity contribution in [2.75, 3.05) is 26.8 Å². The van der Waals surface area contributed by atoms with Gasteiger partial charge < -0.3 is 4.74 Å². The molecule has 1 fully saturated rings. The molecule has 17 heavy (non-hydrogen) atoms. The summed E-state index contributed by atoms with van der Waals surface area (Å²) in [5.41, 5.74) is 1.05. The first-order valence-corrected chi connectivity index (χ1v) is 6.76. The minimum absolute atomic E-state index is 0.366.